The van der Waals surface area contributed by atoms with Crippen molar-refractivity contribution in [3.63, 3.8) is 0 Å². The number of fused-ring (bicyclic) bond motifs is 1. The first-order chi connectivity index (χ1) is 10.1. The van der Waals surface area contributed by atoms with Gasteiger partial charge in [-0.15, -0.1) is 11.3 Å². The second-order valence-corrected chi connectivity index (χ2v) is 6.34. The molecule has 2 aliphatic rings. The van der Waals surface area contributed by atoms with Crippen LogP contribution in [0.3, 0.4) is 0 Å². The van der Waals surface area contributed by atoms with Crippen LogP contribution in [0.25, 0.3) is 5.57 Å². The zero-order chi connectivity index (χ0) is 14.8. The van der Waals surface area contributed by atoms with Crippen LogP contribution in [-0.4, -0.2) is 42.4 Å². The second-order valence-electron chi connectivity index (χ2n) is 5.31. The van der Waals surface area contributed by atoms with Gasteiger partial charge in [0, 0.05) is 11.6 Å². The molecule has 1 amide bonds. The monoisotopic (exact) mass is 306 g/mol. The molecule has 3 rings (SSSR count). The standard InChI is InChI=1S/C15H18N2O3S/c1-9(2)17-14(18)13-8-16-15(21-13)10-3-4-11-12(7-10)20-6-5-19-11/h3-4,7-9,11-12H,5-6H2,1-2H3,(H,17,18). The molecule has 112 valence electrons. The molecule has 1 fully saturated rings. The third kappa shape index (κ3) is 3.23. The van der Waals surface area contributed by atoms with Crippen LogP contribution in [0.5, 0.6) is 0 Å². The predicted octanol–water partition coefficient (Wildman–Crippen LogP) is 2.02. The van der Waals surface area contributed by atoms with Crippen molar-refractivity contribution in [1.82, 2.24) is 10.3 Å². The molecule has 0 bridgehead atoms. The molecule has 1 aromatic rings. The highest BCUT2D eigenvalue weighted by Gasteiger charge is 2.27. The van der Waals surface area contributed by atoms with Gasteiger partial charge in [0.15, 0.2) is 0 Å². The van der Waals surface area contributed by atoms with Crippen LogP contribution in [0.4, 0.5) is 0 Å². The molecule has 1 aliphatic heterocycles. The van der Waals surface area contributed by atoms with E-state index in [4.69, 9.17) is 9.47 Å². The summed E-state index contributed by atoms with van der Waals surface area (Å²) in [7, 11) is 0. The Bertz CT molecular complexity index is 591. The Labute approximate surface area is 127 Å². The maximum absolute atomic E-state index is 12.0. The zero-order valence-electron chi connectivity index (χ0n) is 12.0. The van der Waals surface area contributed by atoms with Crippen molar-refractivity contribution in [3.05, 3.63) is 34.3 Å². The van der Waals surface area contributed by atoms with Gasteiger partial charge in [0.1, 0.15) is 22.1 Å². The van der Waals surface area contributed by atoms with Gasteiger partial charge in [0.25, 0.3) is 5.91 Å². The summed E-state index contributed by atoms with van der Waals surface area (Å²) in [5.74, 6) is -0.0794. The molecule has 1 aliphatic carbocycles. The molecule has 1 aromatic heterocycles. The number of amides is 1. The molecular weight excluding hydrogens is 288 g/mol. The van der Waals surface area contributed by atoms with E-state index in [1.54, 1.807) is 6.20 Å². The van der Waals surface area contributed by atoms with E-state index in [9.17, 15) is 4.79 Å². The van der Waals surface area contributed by atoms with Gasteiger partial charge in [-0.2, -0.15) is 0 Å². The molecule has 6 heteroatoms. The first kappa shape index (κ1) is 14.4. The molecular formula is C15H18N2O3S. The summed E-state index contributed by atoms with van der Waals surface area (Å²) in [5, 5.41) is 3.70. The van der Waals surface area contributed by atoms with Crippen molar-refractivity contribution < 1.29 is 14.3 Å². The minimum atomic E-state index is -0.0794. The number of hydrogen-bond donors (Lipinski definition) is 1. The first-order valence-electron chi connectivity index (χ1n) is 7.04. The molecule has 2 heterocycles. The van der Waals surface area contributed by atoms with Crippen molar-refractivity contribution in [2.24, 2.45) is 0 Å². The normalized spacial score (nSPS) is 24.6. The van der Waals surface area contributed by atoms with Gasteiger partial charge in [-0.05, 0) is 19.9 Å². The van der Waals surface area contributed by atoms with Crippen LogP contribution in [-0.2, 0) is 9.47 Å². The van der Waals surface area contributed by atoms with Crippen molar-refractivity contribution in [2.45, 2.75) is 32.1 Å². The highest BCUT2D eigenvalue weighted by Crippen LogP contribution is 2.28. The van der Waals surface area contributed by atoms with E-state index in [1.165, 1.54) is 11.3 Å². The maximum atomic E-state index is 12.0. The Morgan fingerprint density at radius 2 is 2.14 bits per heavy atom. The van der Waals surface area contributed by atoms with Gasteiger partial charge in [0.2, 0.25) is 0 Å². The minimum Gasteiger partial charge on any atom is -0.369 e. The number of hydrogen-bond acceptors (Lipinski definition) is 5. The molecule has 0 radical (unpaired) electrons. The largest absolute Gasteiger partial charge is 0.369 e. The fourth-order valence-electron chi connectivity index (χ4n) is 2.29. The Balaban J connectivity index is 1.76. The van der Waals surface area contributed by atoms with E-state index in [2.05, 4.69) is 10.3 Å². The molecule has 1 N–H and O–H groups in total. The van der Waals surface area contributed by atoms with E-state index >= 15 is 0 Å². The third-order valence-electron chi connectivity index (χ3n) is 3.23. The van der Waals surface area contributed by atoms with Crippen molar-refractivity contribution >= 4 is 22.8 Å². The number of nitrogens with one attached hydrogen (secondary N) is 1. The predicted molar refractivity (Wildman–Crippen MR) is 81.3 cm³/mol. The molecule has 2 atom stereocenters. The van der Waals surface area contributed by atoms with Gasteiger partial charge in [0.05, 0.1) is 19.4 Å². The molecule has 21 heavy (non-hydrogen) atoms. The van der Waals surface area contributed by atoms with Gasteiger partial charge >= 0.3 is 0 Å². The van der Waals surface area contributed by atoms with Crippen LogP contribution < -0.4 is 5.32 Å². The number of rotatable bonds is 3. The number of thiazole rings is 1. The molecule has 5 nitrogen and oxygen atoms in total. The van der Waals surface area contributed by atoms with Crippen LogP contribution in [0, 0.1) is 0 Å². The lowest BCUT2D eigenvalue weighted by atomic mass is 10.0. The van der Waals surface area contributed by atoms with Gasteiger partial charge < -0.3 is 14.8 Å². The number of carbonyl (C=O) groups is 1. The lowest BCUT2D eigenvalue weighted by Crippen LogP contribution is -2.37. The van der Waals surface area contributed by atoms with E-state index in [0.717, 1.165) is 10.6 Å². The Morgan fingerprint density at radius 3 is 2.90 bits per heavy atom. The Kier molecular flexibility index (Phi) is 4.19. The highest BCUT2D eigenvalue weighted by molar-refractivity contribution is 7.14. The summed E-state index contributed by atoms with van der Waals surface area (Å²) in [6, 6.07) is 0.116. The van der Waals surface area contributed by atoms with Crippen LogP contribution >= 0.6 is 11.3 Å². The average Bonchev–Trinajstić information content (AvgIpc) is 2.96. The highest BCUT2D eigenvalue weighted by atomic mass is 32.1. The fourth-order valence-corrected chi connectivity index (χ4v) is 3.11. The van der Waals surface area contributed by atoms with Crippen LogP contribution in [0.1, 0.15) is 28.5 Å². The lowest BCUT2D eigenvalue weighted by molar-refractivity contribution is -0.101. The lowest BCUT2D eigenvalue weighted by Gasteiger charge is -2.30. The molecule has 1 saturated heterocycles. The Morgan fingerprint density at radius 1 is 1.38 bits per heavy atom. The van der Waals surface area contributed by atoms with Crippen molar-refractivity contribution in [3.8, 4) is 0 Å². The van der Waals surface area contributed by atoms with Crippen molar-refractivity contribution in [1.29, 1.82) is 0 Å². The minimum absolute atomic E-state index is 0.00817. The quantitative estimate of drug-likeness (QED) is 0.928. The SMILES string of the molecule is CC(C)NC(=O)c1cnc(C2=CC3OCCOC3C=C2)s1. The summed E-state index contributed by atoms with van der Waals surface area (Å²) >= 11 is 1.39. The fraction of sp³-hybridized carbons (Fsp3) is 0.467. The molecule has 2 unspecified atom stereocenters. The maximum Gasteiger partial charge on any atom is 0.263 e. The molecule has 0 saturated carbocycles. The van der Waals surface area contributed by atoms with Gasteiger partial charge in [-0.1, -0.05) is 12.2 Å². The van der Waals surface area contributed by atoms with E-state index in [-0.39, 0.29) is 24.2 Å². The van der Waals surface area contributed by atoms with Crippen molar-refractivity contribution in [2.75, 3.05) is 13.2 Å². The number of ether oxygens (including phenoxy) is 2. The number of aromatic nitrogens is 1. The van der Waals surface area contributed by atoms with Gasteiger partial charge in [-0.25, -0.2) is 4.98 Å². The Hall–Kier alpha value is -1.50. The molecule has 0 spiro atoms. The second kappa shape index (κ2) is 6.09. The van der Waals surface area contributed by atoms with Crippen LogP contribution in [0.15, 0.2) is 24.4 Å². The van der Waals surface area contributed by atoms with E-state index in [1.807, 2.05) is 32.1 Å². The number of nitrogens with zero attached hydrogens (tertiary/aromatic N) is 1. The zero-order valence-corrected chi connectivity index (χ0v) is 12.9. The van der Waals surface area contributed by atoms with E-state index < -0.39 is 0 Å². The van der Waals surface area contributed by atoms with E-state index in [0.29, 0.717) is 18.1 Å². The average molecular weight is 306 g/mol. The summed E-state index contributed by atoms with van der Waals surface area (Å²) in [5.41, 5.74) is 0.982. The van der Waals surface area contributed by atoms with Gasteiger partial charge in [-0.3, -0.25) is 4.79 Å². The first-order valence-corrected chi connectivity index (χ1v) is 7.85. The summed E-state index contributed by atoms with van der Waals surface area (Å²) in [6.07, 6.45) is 7.55. The smallest absolute Gasteiger partial charge is 0.263 e. The topological polar surface area (TPSA) is 60.5 Å². The summed E-state index contributed by atoms with van der Waals surface area (Å²) < 4.78 is 11.3. The summed E-state index contributed by atoms with van der Waals surface area (Å²) in [4.78, 5) is 16.9. The van der Waals surface area contributed by atoms with Crippen LogP contribution in [0.2, 0.25) is 0 Å². The number of carbonyl (C=O) groups excluding carboxylic acids is 1. The third-order valence-corrected chi connectivity index (χ3v) is 4.28. The number of allylic oxidation sites excluding steroid dienone is 2. The molecule has 0 aromatic carbocycles. The summed E-state index contributed by atoms with van der Waals surface area (Å²) in [6.45, 7) is 5.11.